The van der Waals surface area contributed by atoms with E-state index in [-0.39, 0.29) is 0 Å². The number of imidazole rings is 1. The molecule has 102 valence electrons. The average Bonchev–Trinajstić information content (AvgIpc) is 3.14. The van der Waals surface area contributed by atoms with Gasteiger partial charge in [0.05, 0.1) is 6.33 Å². The highest BCUT2D eigenvalue weighted by Crippen LogP contribution is 2.20. The first-order valence-electron chi connectivity index (χ1n) is 7.07. The molecule has 2 heterocycles. The Bertz CT molecular complexity index is 407. The van der Waals surface area contributed by atoms with Crippen molar-refractivity contribution in [2.24, 2.45) is 5.92 Å². The topological polar surface area (TPSA) is 31.9 Å². The van der Waals surface area contributed by atoms with Crippen LogP contribution in [0.2, 0.25) is 0 Å². The normalized spacial score (nSPS) is 18.9. The highest BCUT2D eigenvalue weighted by Gasteiger charge is 2.20. The lowest BCUT2D eigenvalue weighted by Crippen LogP contribution is -2.19. The van der Waals surface area contributed by atoms with Crippen LogP contribution in [0.1, 0.15) is 25.3 Å². The van der Waals surface area contributed by atoms with Gasteiger partial charge in [-0.25, -0.2) is 4.98 Å². The number of nitrogens with one attached hydrogen (secondary N) is 1. The number of rotatable bonds is 3. The zero-order valence-corrected chi connectivity index (χ0v) is 11.6. The molecule has 0 spiro atoms. The van der Waals surface area contributed by atoms with Crippen molar-refractivity contribution < 1.29 is 0 Å². The summed E-state index contributed by atoms with van der Waals surface area (Å²) in [7, 11) is 0. The molecule has 1 aromatic carbocycles. The number of benzene rings is 1. The number of H-pyrrole nitrogens is 1. The Labute approximate surface area is 115 Å². The summed E-state index contributed by atoms with van der Waals surface area (Å²) in [6.07, 6.45) is 7.81. The monoisotopic (exact) mass is 257 g/mol. The Morgan fingerprint density at radius 3 is 2.68 bits per heavy atom. The minimum atomic E-state index is 0.943. The standard InChI is InChI=1S/C13H19N.C3H4N2/c1-2-12-8-9-14(10-12)11-13-6-4-3-5-7-13;1-2-5-3-4-1/h3-7,12H,2,8-11H2,1H3;1-3H,(H,4,5)/t12-;/m1./s1. The average molecular weight is 257 g/mol. The van der Waals surface area contributed by atoms with E-state index in [4.69, 9.17) is 0 Å². The first-order valence-corrected chi connectivity index (χ1v) is 7.07. The molecular formula is C16H23N3. The highest BCUT2D eigenvalue weighted by atomic mass is 15.1. The first-order chi connectivity index (χ1) is 9.38. The van der Waals surface area contributed by atoms with Crippen LogP contribution in [0.3, 0.4) is 0 Å². The van der Waals surface area contributed by atoms with Gasteiger partial charge < -0.3 is 4.98 Å². The molecule has 1 saturated heterocycles. The van der Waals surface area contributed by atoms with Gasteiger partial charge in [-0.05, 0) is 24.4 Å². The van der Waals surface area contributed by atoms with Crippen LogP contribution < -0.4 is 0 Å². The Balaban J connectivity index is 0.000000224. The molecule has 0 unspecified atom stereocenters. The summed E-state index contributed by atoms with van der Waals surface area (Å²) < 4.78 is 0. The summed E-state index contributed by atoms with van der Waals surface area (Å²) in [6.45, 7) is 6.02. The van der Waals surface area contributed by atoms with E-state index in [1.54, 1.807) is 18.7 Å². The maximum absolute atomic E-state index is 3.67. The van der Waals surface area contributed by atoms with E-state index in [1.165, 1.54) is 31.5 Å². The second-order valence-corrected chi connectivity index (χ2v) is 5.04. The molecule has 1 aromatic heterocycles. The number of hydrogen-bond donors (Lipinski definition) is 1. The second-order valence-electron chi connectivity index (χ2n) is 5.04. The van der Waals surface area contributed by atoms with Gasteiger partial charge in [-0.1, -0.05) is 43.7 Å². The lowest BCUT2D eigenvalue weighted by molar-refractivity contribution is 0.315. The Morgan fingerprint density at radius 2 is 2.16 bits per heavy atom. The fraction of sp³-hybridized carbons (Fsp3) is 0.438. The predicted octanol–water partition coefficient (Wildman–Crippen LogP) is 3.33. The zero-order valence-electron chi connectivity index (χ0n) is 11.6. The number of hydrogen-bond acceptors (Lipinski definition) is 2. The van der Waals surface area contributed by atoms with E-state index >= 15 is 0 Å². The Morgan fingerprint density at radius 1 is 1.32 bits per heavy atom. The van der Waals surface area contributed by atoms with Crippen molar-refractivity contribution in [2.75, 3.05) is 13.1 Å². The van der Waals surface area contributed by atoms with Crippen molar-refractivity contribution >= 4 is 0 Å². The third-order valence-corrected chi connectivity index (χ3v) is 3.60. The molecular weight excluding hydrogens is 234 g/mol. The third-order valence-electron chi connectivity index (χ3n) is 3.60. The van der Waals surface area contributed by atoms with Crippen molar-refractivity contribution in [2.45, 2.75) is 26.3 Å². The van der Waals surface area contributed by atoms with Crippen molar-refractivity contribution in [1.82, 2.24) is 14.9 Å². The molecule has 1 N–H and O–H groups in total. The van der Waals surface area contributed by atoms with Gasteiger partial charge in [0, 0.05) is 25.5 Å². The van der Waals surface area contributed by atoms with Crippen LogP contribution in [0.15, 0.2) is 49.1 Å². The minimum Gasteiger partial charge on any atom is -0.351 e. The van der Waals surface area contributed by atoms with Crippen LogP contribution in [-0.4, -0.2) is 28.0 Å². The maximum Gasteiger partial charge on any atom is 0.0919 e. The molecule has 1 aliphatic rings. The van der Waals surface area contributed by atoms with Gasteiger partial charge in [-0.15, -0.1) is 0 Å². The van der Waals surface area contributed by atoms with Crippen molar-refractivity contribution in [3.63, 3.8) is 0 Å². The smallest absolute Gasteiger partial charge is 0.0919 e. The highest BCUT2D eigenvalue weighted by molar-refractivity contribution is 5.14. The Kier molecular flexibility index (Phi) is 5.63. The molecule has 2 aromatic rings. The molecule has 0 amide bonds. The molecule has 1 atom stereocenters. The molecule has 3 nitrogen and oxygen atoms in total. The lowest BCUT2D eigenvalue weighted by atomic mass is 10.1. The van der Waals surface area contributed by atoms with E-state index in [0.717, 1.165) is 12.5 Å². The van der Waals surface area contributed by atoms with Gasteiger partial charge in [0.2, 0.25) is 0 Å². The predicted molar refractivity (Wildman–Crippen MR) is 78.7 cm³/mol. The SMILES string of the molecule is CC[C@@H]1CCN(Cc2ccccc2)C1.c1c[nH]cn1. The van der Waals surface area contributed by atoms with Gasteiger partial charge in [-0.3, -0.25) is 4.90 Å². The summed E-state index contributed by atoms with van der Waals surface area (Å²) in [4.78, 5) is 8.99. The summed E-state index contributed by atoms with van der Waals surface area (Å²) in [5.74, 6) is 0.943. The summed E-state index contributed by atoms with van der Waals surface area (Å²) >= 11 is 0. The van der Waals surface area contributed by atoms with Crippen LogP contribution in [-0.2, 0) is 6.54 Å². The number of likely N-dealkylation sites (tertiary alicyclic amines) is 1. The number of aromatic amines is 1. The molecule has 0 bridgehead atoms. The third kappa shape index (κ3) is 4.87. The molecule has 1 aliphatic heterocycles. The van der Waals surface area contributed by atoms with Crippen molar-refractivity contribution in [1.29, 1.82) is 0 Å². The van der Waals surface area contributed by atoms with E-state index in [2.05, 4.69) is 52.1 Å². The van der Waals surface area contributed by atoms with Gasteiger partial charge in [0.1, 0.15) is 0 Å². The van der Waals surface area contributed by atoms with Gasteiger partial charge in [0.25, 0.3) is 0 Å². The summed E-state index contributed by atoms with van der Waals surface area (Å²) in [5, 5.41) is 0. The maximum atomic E-state index is 3.67. The van der Waals surface area contributed by atoms with Gasteiger partial charge in [-0.2, -0.15) is 0 Å². The fourth-order valence-electron chi connectivity index (χ4n) is 2.45. The first kappa shape index (κ1) is 13.8. The summed E-state index contributed by atoms with van der Waals surface area (Å²) in [6, 6.07) is 10.8. The number of aromatic nitrogens is 2. The van der Waals surface area contributed by atoms with Crippen LogP contribution in [0.4, 0.5) is 0 Å². The molecule has 0 saturated carbocycles. The van der Waals surface area contributed by atoms with Crippen LogP contribution >= 0.6 is 0 Å². The molecule has 3 rings (SSSR count). The summed E-state index contributed by atoms with van der Waals surface area (Å²) in [5.41, 5.74) is 1.45. The van der Waals surface area contributed by atoms with Crippen LogP contribution in [0.25, 0.3) is 0 Å². The largest absolute Gasteiger partial charge is 0.351 e. The van der Waals surface area contributed by atoms with Crippen LogP contribution in [0.5, 0.6) is 0 Å². The molecule has 19 heavy (non-hydrogen) atoms. The van der Waals surface area contributed by atoms with Crippen molar-refractivity contribution in [3.05, 3.63) is 54.6 Å². The molecule has 1 fully saturated rings. The lowest BCUT2D eigenvalue weighted by Gasteiger charge is -2.15. The van der Waals surface area contributed by atoms with E-state index < -0.39 is 0 Å². The quantitative estimate of drug-likeness (QED) is 0.914. The molecule has 3 heteroatoms. The van der Waals surface area contributed by atoms with E-state index in [1.807, 2.05) is 0 Å². The van der Waals surface area contributed by atoms with E-state index in [0.29, 0.717) is 0 Å². The van der Waals surface area contributed by atoms with E-state index in [9.17, 15) is 0 Å². The minimum absolute atomic E-state index is 0.943. The fourth-order valence-corrected chi connectivity index (χ4v) is 2.45. The van der Waals surface area contributed by atoms with Crippen molar-refractivity contribution in [3.8, 4) is 0 Å². The Hall–Kier alpha value is -1.61. The molecule has 0 aliphatic carbocycles. The molecule has 0 radical (unpaired) electrons. The zero-order chi connectivity index (χ0) is 13.3. The second kappa shape index (κ2) is 7.74. The number of nitrogens with zero attached hydrogens (tertiary/aromatic N) is 2. The van der Waals surface area contributed by atoms with Gasteiger partial charge >= 0.3 is 0 Å². The van der Waals surface area contributed by atoms with Crippen LogP contribution in [0, 0.1) is 5.92 Å². The van der Waals surface area contributed by atoms with Gasteiger partial charge in [0.15, 0.2) is 0 Å².